The molecule has 150 valence electrons. The molecule has 2 N–H and O–H groups in total. The van der Waals surface area contributed by atoms with Crippen molar-refractivity contribution < 1.29 is 9.90 Å². The van der Waals surface area contributed by atoms with Crippen molar-refractivity contribution in [1.82, 2.24) is 20.1 Å². The van der Waals surface area contributed by atoms with E-state index in [4.69, 9.17) is 0 Å². The first-order chi connectivity index (χ1) is 14.1. The van der Waals surface area contributed by atoms with Gasteiger partial charge in [0.2, 0.25) is 0 Å². The molecule has 2 heterocycles. The van der Waals surface area contributed by atoms with Crippen LogP contribution in [0.3, 0.4) is 0 Å². The number of aliphatic hydroxyl groups excluding tert-OH is 1. The molecule has 0 bridgehead atoms. The average Bonchev–Trinajstić information content (AvgIpc) is 3.27. The molecule has 0 spiro atoms. The van der Waals surface area contributed by atoms with Crippen LogP contribution >= 0.6 is 0 Å². The van der Waals surface area contributed by atoms with E-state index in [1.807, 2.05) is 42.1 Å². The molecule has 0 radical (unpaired) electrons. The van der Waals surface area contributed by atoms with E-state index in [0.717, 1.165) is 54.5 Å². The van der Waals surface area contributed by atoms with Crippen LogP contribution in [0, 0.1) is 6.92 Å². The number of carbonyl (C=O) groups excluding carboxylic acids is 1. The Morgan fingerprint density at radius 1 is 1.24 bits per heavy atom. The molecule has 6 nitrogen and oxygen atoms in total. The number of nitrogens with zero attached hydrogens (tertiary/aromatic N) is 3. The number of hydrogen-bond donors (Lipinski definition) is 2. The summed E-state index contributed by atoms with van der Waals surface area (Å²) in [7, 11) is 0. The number of aryl methyl sites for hydroxylation is 1. The number of rotatable bonds is 5. The zero-order valence-corrected chi connectivity index (χ0v) is 16.6. The summed E-state index contributed by atoms with van der Waals surface area (Å²) in [5.41, 5.74) is 4.69. The Hall–Kier alpha value is -2.99. The first-order valence-electron chi connectivity index (χ1n) is 10.1. The van der Waals surface area contributed by atoms with Crippen molar-refractivity contribution in [3.8, 4) is 5.69 Å². The molecule has 1 fully saturated rings. The normalized spacial score (nSPS) is 19.1. The van der Waals surface area contributed by atoms with E-state index in [1.54, 1.807) is 12.4 Å². The number of pyridine rings is 1. The van der Waals surface area contributed by atoms with Gasteiger partial charge in [0.25, 0.3) is 5.91 Å². The van der Waals surface area contributed by atoms with Gasteiger partial charge in [-0.2, -0.15) is 5.10 Å². The number of hydrogen-bond acceptors (Lipinski definition) is 4. The SMILES string of the molecule is Cc1cnc(C(=O)N[C@H]2CCCC[C@@H]2O)cc1Cc1ccc(-n2cccn2)cc1. The van der Waals surface area contributed by atoms with Gasteiger partial charge in [-0.15, -0.1) is 0 Å². The molecular weight excluding hydrogens is 364 g/mol. The van der Waals surface area contributed by atoms with E-state index < -0.39 is 6.10 Å². The molecule has 4 rings (SSSR count). The minimum Gasteiger partial charge on any atom is -0.391 e. The third-order valence-corrected chi connectivity index (χ3v) is 5.59. The van der Waals surface area contributed by atoms with Crippen molar-refractivity contribution in [2.75, 3.05) is 0 Å². The van der Waals surface area contributed by atoms with Gasteiger partial charge in [0.1, 0.15) is 5.69 Å². The smallest absolute Gasteiger partial charge is 0.270 e. The molecule has 1 amide bonds. The fourth-order valence-corrected chi connectivity index (χ4v) is 3.81. The second-order valence-corrected chi connectivity index (χ2v) is 7.72. The third-order valence-electron chi connectivity index (χ3n) is 5.59. The molecule has 1 aliphatic carbocycles. The Balaban J connectivity index is 1.47. The lowest BCUT2D eigenvalue weighted by Crippen LogP contribution is -2.45. The van der Waals surface area contributed by atoms with Crippen molar-refractivity contribution in [1.29, 1.82) is 0 Å². The van der Waals surface area contributed by atoms with Crippen LogP contribution < -0.4 is 5.32 Å². The Bertz CT molecular complexity index is 967. The number of nitrogens with one attached hydrogen (secondary N) is 1. The first-order valence-corrected chi connectivity index (χ1v) is 10.1. The molecule has 2 atom stereocenters. The molecule has 1 saturated carbocycles. The maximum atomic E-state index is 12.7. The summed E-state index contributed by atoms with van der Waals surface area (Å²) in [4.78, 5) is 17.0. The van der Waals surface area contributed by atoms with Crippen LogP contribution in [-0.4, -0.2) is 37.9 Å². The van der Waals surface area contributed by atoms with Crippen LogP contribution in [0.15, 0.2) is 55.0 Å². The number of amides is 1. The van der Waals surface area contributed by atoms with Gasteiger partial charge in [0.05, 0.1) is 17.8 Å². The summed E-state index contributed by atoms with van der Waals surface area (Å²) in [6, 6.07) is 11.8. The zero-order valence-electron chi connectivity index (χ0n) is 16.6. The maximum Gasteiger partial charge on any atom is 0.270 e. The number of carbonyl (C=O) groups is 1. The van der Waals surface area contributed by atoms with Gasteiger partial charge in [-0.25, -0.2) is 4.68 Å². The van der Waals surface area contributed by atoms with Crippen molar-refractivity contribution in [2.24, 2.45) is 0 Å². The minimum absolute atomic E-state index is 0.183. The molecule has 6 heteroatoms. The Labute approximate surface area is 170 Å². The van der Waals surface area contributed by atoms with E-state index in [1.165, 1.54) is 0 Å². The lowest BCUT2D eigenvalue weighted by molar-refractivity contribution is 0.0713. The highest BCUT2D eigenvalue weighted by Gasteiger charge is 2.25. The molecule has 3 aromatic rings. The number of aliphatic hydroxyl groups is 1. The summed E-state index contributed by atoms with van der Waals surface area (Å²) >= 11 is 0. The standard InChI is InChI=1S/C23H26N4O2/c1-16-15-24-21(23(29)26-20-5-2-3-6-22(20)28)14-18(16)13-17-7-9-19(10-8-17)27-12-4-11-25-27/h4,7-12,14-15,20,22,28H,2-3,5-6,13H2,1H3,(H,26,29)/t20-,22-/m0/s1. The quantitative estimate of drug-likeness (QED) is 0.701. The van der Waals surface area contributed by atoms with Crippen molar-refractivity contribution in [3.05, 3.63) is 77.4 Å². The monoisotopic (exact) mass is 390 g/mol. The van der Waals surface area contributed by atoms with Gasteiger partial charge in [-0.1, -0.05) is 25.0 Å². The molecule has 1 aromatic carbocycles. The van der Waals surface area contributed by atoms with Gasteiger partial charge in [-0.3, -0.25) is 9.78 Å². The second kappa shape index (κ2) is 8.57. The zero-order chi connectivity index (χ0) is 20.2. The van der Waals surface area contributed by atoms with E-state index in [0.29, 0.717) is 5.69 Å². The minimum atomic E-state index is -0.467. The maximum absolute atomic E-state index is 12.7. The highest BCUT2D eigenvalue weighted by atomic mass is 16.3. The predicted octanol–water partition coefficient (Wildman–Crippen LogP) is 3.20. The van der Waals surface area contributed by atoms with Gasteiger partial charge >= 0.3 is 0 Å². The van der Waals surface area contributed by atoms with E-state index in [9.17, 15) is 9.90 Å². The molecular formula is C23H26N4O2. The first kappa shape index (κ1) is 19.3. The fraction of sp³-hybridized carbons (Fsp3) is 0.348. The summed E-state index contributed by atoms with van der Waals surface area (Å²) in [5.74, 6) is -0.216. The summed E-state index contributed by atoms with van der Waals surface area (Å²) in [5, 5.41) is 17.3. The Morgan fingerprint density at radius 2 is 2.03 bits per heavy atom. The molecule has 29 heavy (non-hydrogen) atoms. The highest BCUT2D eigenvalue weighted by Crippen LogP contribution is 2.20. The van der Waals surface area contributed by atoms with Crippen molar-refractivity contribution in [2.45, 2.75) is 51.2 Å². The Morgan fingerprint density at radius 3 is 2.76 bits per heavy atom. The topological polar surface area (TPSA) is 80.0 Å². The fourth-order valence-electron chi connectivity index (χ4n) is 3.81. The number of aromatic nitrogens is 3. The van der Waals surface area contributed by atoms with Gasteiger partial charge < -0.3 is 10.4 Å². The van der Waals surface area contributed by atoms with Gasteiger partial charge in [-0.05, 0) is 67.1 Å². The van der Waals surface area contributed by atoms with Crippen LogP contribution in [0.25, 0.3) is 5.69 Å². The van der Waals surface area contributed by atoms with E-state index >= 15 is 0 Å². The Kier molecular flexibility index (Phi) is 5.71. The number of benzene rings is 1. The van der Waals surface area contributed by atoms with Crippen molar-refractivity contribution >= 4 is 5.91 Å². The molecule has 0 unspecified atom stereocenters. The lowest BCUT2D eigenvalue weighted by atomic mass is 9.92. The second-order valence-electron chi connectivity index (χ2n) is 7.72. The highest BCUT2D eigenvalue weighted by molar-refractivity contribution is 5.92. The van der Waals surface area contributed by atoms with Crippen LogP contribution in [0.5, 0.6) is 0 Å². The molecule has 0 aliphatic heterocycles. The van der Waals surface area contributed by atoms with Crippen LogP contribution in [-0.2, 0) is 6.42 Å². The van der Waals surface area contributed by atoms with Crippen LogP contribution in [0.4, 0.5) is 0 Å². The largest absolute Gasteiger partial charge is 0.391 e. The summed E-state index contributed by atoms with van der Waals surface area (Å²) in [6.45, 7) is 2.01. The average molecular weight is 390 g/mol. The van der Waals surface area contributed by atoms with Gasteiger partial charge in [0, 0.05) is 18.6 Å². The van der Waals surface area contributed by atoms with Crippen LogP contribution in [0.2, 0.25) is 0 Å². The third kappa shape index (κ3) is 4.54. The lowest BCUT2D eigenvalue weighted by Gasteiger charge is -2.28. The van der Waals surface area contributed by atoms with Crippen molar-refractivity contribution in [3.63, 3.8) is 0 Å². The van der Waals surface area contributed by atoms with Gasteiger partial charge in [0.15, 0.2) is 0 Å². The van der Waals surface area contributed by atoms with Crippen LogP contribution in [0.1, 0.15) is 52.9 Å². The molecule has 2 aromatic heterocycles. The molecule has 0 saturated heterocycles. The summed E-state index contributed by atoms with van der Waals surface area (Å²) in [6.07, 6.45) is 9.28. The summed E-state index contributed by atoms with van der Waals surface area (Å²) < 4.78 is 1.82. The predicted molar refractivity (Wildman–Crippen MR) is 111 cm³/mol. The molecule has 1 aliphatic rings. The van der Waals surface area contributed by atoms with E-state index in [-0.39, 0.29) is 11.9 Å². The van der Waals surface area contributed by atoms with E-state index in [2.05, 4.69) is 27.5 Å².